The maximum atomic E-state index is 11.4. The first-order chi connectivity index (χ1) is 8.88. The van der Waals surface area contributed by atoms with Gasteiger partial charge < -0.3 is 9.64 Å². The Morgan fingerprint density at radius 1 is 1.58 bits per heavy atom. The van der Waals surface area contributed by atoms with Crippen LogP contribution in [0.3, 0.4) is 0 Å². The van der Waals surface area contributed by atoms with Crippen LogP contribution in [0.15, 0.2) is 16.9 Å². The number of carbonyl (C=O) groups excluding carboxylic acids is 1. The van der Waals surface area contributed by atoms with Crippen molar-refractivity contribution in [2.24, 2.45) is 0 Å². The van der Waals surface area contributed by atoms with Gasteiger partial charge in [-0.05, 0) is 29.8 Å². The number of anilines is 1. The van der Waals surface area contributed by atoms with Gasteiger partial charge in [-0.25, -0.2) is 0 Å². The van der Waals surface area contributed by atoms with Crippen LogP contribution in [0.2, 0.25) is 0 Å². The summed E-state index contributed by atoms with van der Waals surface area (Å²) in [6.07, 6.45) is 2.61. The molecule has 104 valence electrons. The van der Waals surface area contributed by atoms with Crippen LogP contribution in [0.5, 0.6) is 0 Å². The van der Waals surface area contributed by atoms with E-state index in [9.17, 15) is 14.9 Å². The third kappa shape index (κ3) is 3.63. The van der Waals surface area contributed by atoms with Gasteiger partial charge in [0.05, 0.1) is 16.5 Å². The SMILES string of the molecule is COC(=O)CN(c1c(Br)cncc1[N+](=O)[O-])C(C)C. The molecule has 0 radical (unpaired) electrons. The topological polar surface area (TPSA) is 85.6 Å². The van der Waals surface area contributed by atoms with E-state index in [0.29, 0.717) is 10.2 Å². The smallest absolute Gasteiger partial charge is 0.325 e. The van der Waals surface area contributed by atoms with Crippen molar-refractivity contribution in [1.29, 1.82) is 0 Å². The maximum Gasteiger partial charge on any atom is 0.325 e. The number of esters is 1. The lowest BCUT2D eigenvalue weighted by molar-refractivity contribution is -0.384. The van der Waals surface area contributed by atoms with Crippen molar-refractivity contribution in [3.8, 4) is 0 Å². The Kier molecular flexibility index (Phi) is 5.22. The summed E-state index contributed by atoms with van der Waals surface area (Å²) in [7, 11) is 1.27. The van der Waals surface area contributed by atoms with Crippen LogP contribution >= 0.6 is 15.9 Å². The Balaban J connectivity index is 3.29. The highest BCUT2D eigenvalue weighted by molar-refractivity contribution is 9.10. The monoisotopic (exact) mass is 331 g/mol. The van der Waals surface area contributed by atoms with Crippen molar-refractivity contribution in [1.82, 2.24) is 4.98 Å². The fourth-order valence-corrected chi connectivity index (χ4v) is 2.11. The lowest BCUT2D eigenvalue weighted by Crippen LogP contribution is -2.37. The normalized spacial score (nSPS) is 10.4. The summed E-state index contributed by atoms with van der Waals surface area (Å²) in [6.45, 7) is 3.59. The molecular weight excluding hydrogens is 318 g/mol. The molecule has 0 aliphatic heterocycles. The zero-order valence-corrected chi connectivity index (χ0v) is 12.4. The fraction of sp³-hybridized carbons (Fsp3) is 0.455. The molecule has 0 aliphatic rings. The summed E-state index contributed by atoms with van der Waals surface area (Å²) in [4.78, 5) is 27.3. The number of hydrogen-bond donors (Lipinski definition) is 0. The molecule has 0 aromatic carbocycles. The van der Waals surface area contributed by atoms with Gasteiger partial charge in [-0.1, -0.05) is 0 Å². The van der Waals surface area contributed by atoms with Gasteiger partial charge >= 0.3 is 11.7 Å². The summed E-state index contributed by atoms with van der Waals surface area (Å²) in [5, 5.41) is 11.1. The van der Waals surface area contributed by atoms with Crippen LogP contribution in [0.25, 0.3) is 0 Å². The second kappa shape index (κ2) is 6.46. The third-order valence-corrected chi connectivity index (χ3v) is 3.07. The number of nitrogens with zero attached hydrogens (tertiary/aromatic N) is 3. The minimum atomic E-state index is -0.528. The van der Waals surface area contributed by atoms with Crippen LogP contribution in [0.1, 0.15) is 13.8 Å². The van der Waals surface area contributed by atoms with E-state index >= 15 is 0 Å². The van der Waals surface area contributed by atoms with Gasteiger partial charge in [0.1, 0.15) is 18.4 Å². The van der Waals surface area contributed by atoms with Gasteiger partial charge in [0.25, 0.3) is 0 Å². The average molecular weight is 332 g/mol. The van der Waals surface area contributed by atoms with Crippen LogP contribution < -0.4 is 4.90 Å². The van der Waals surface area contributed by atoms with E-state index in [2.05, 4.69) is 25.7 Å². The lowest BCUT2D eigenvalue weighted by Gasteiger charge is -2.27. The fourth-order valence-electron chi connectivity index (χ4n) is 1.56. The van der Waals surface area contributed by atoms with Crippen molar-refractivity contribution >= 4 is 33.3 Å². The molecule has 8 heteroatoms. The van der Waals surface area contributed by atoms with Crippen molar-refractivity contribution in [3.05, 3.63) is 27.0 Å². The van der Waals surface area contributed by atoms with Crippen LogP contribution in [0.4, 0.5) is 11.4 Å². The van der Waals surface area contributed by atoms with E-state index in [1.165, 1.54) is 13.3 Å². The molecular formula is C11H14BrN3O4. The van der Waals surface area contributed by atoms with Crippen LogP contribution in [-0.4, -0.2) is 35.6 Å². The van der Waals surface area contributed by atoms with Crippen LogP contribution in [-0.2, 0) is 9.53 Å². The van der Waals surface area contributed by atoms with Gasteiger partial charge in [0, 0.05) is 12.2 Å². The second-order valence-corrected chi connectivity index (χ2v) is 4.90. The number of pyridine rings is 1. The number of rotatable bonds is 5. The summed E-state index contributed by atoms with van der Waals surface area (Å²) < 4.78 is 5.07. The molecule has 0 bridgehead atoms. The summed E-state index contributed by atoms with van der Waals surface area (Å²) in [5.41, 5.74) is 0.160. The molecule has 0 saturated heterocycles. The standard InChI is InChI=1S/C11H14BrN3O4/c1-7(2)14(6-10(16)19-3)11-8(12)4-13-5-9(11)15(17)18/h4-5,7H,6H2,1-3H3. The minimum absolute atomic E-state index is 0.0718. The van der Waals surface area contributed by atoms with E-state index in [1.807, 2.05) is 13.8 Å². The van der Waals surface area contributed by atoms with E-state index in [0.717, 1.165) is 6.20 Å². The molecule has 0 unspecified atom stereocenters. The van der Waals surface area contributed by atoms with E-state index in [4.69, 9.17) is 0 Å². The molecule has 0 spiro atoms. The molecule has 1 aromatic rings. The molecule has 19 heavy (non-hydrogen) atoms. The zero-order valence-electron chi connectivity index (χ0n) is 10.8. The molecule has 1 rings (SSSR count). The first kappa shape index (κ1) is 15.4. The van der Waals surface area contributed by atoms with E-state index < -0.39 is 10.9 Å². The van der Waals surface area contributed by atoms with Crippen molar-refractivity contribution in [2.75, 3.05) is 18.6 Å². The number of hydrogen-bond acceptors (Lipinski definition) is 6. The van der Waals surface area contributed by atoms with E-state index in [1.54, 1.807) is 4.90 Å². The number of methoxy groups -OCH3 is 1. The number of carbonyl (C=O) groups is 1. The molecule has 0 amide bonds. The van der Waals surface area contributed by atoms with Gasteiger partial charge in [-0.3, -0.25) is 19.9 Å². The highest BCUT2D eigenvalue weighted by Crippen LogP contribution is 2.35. The average Bonchev–Trinajstić information content (AvgIpc) is 2.35. The second-order valence-electron chi connectivity index (χ2n) is 4.04. The Bertz CT molecular complexity index is 493. The molecule has 0 aliphatic carbocycles. The minimum Gasteiger partial charge on any atom is -0.468 e. The molecule has 0 atom stereocenters. The molecule has 0 saturated carbocycles. The van der Waals surface area contributed by atoms with Crippen molar-refractivity contribution in [3.63, 3.8) is 0 Å². The number of halogens is 1. The Morgan fingerprint density at radius 2 is 2.21 bits per heavy atom. The zero-order chi connectivity index (χ0) is 14.6. The number of aromatic nitrogens is 1. The Labute approximate surface area is 118 Å². The highest BCUT2D eigenvalue weighted by Gasteiger charge is 2.26. The Hall–Kier alpha value is -1.70. The summed E-state index contributed by atoms with van der Waals surface area (Å²) in [5.74, 6) is -0.466. The predicted octanol–water partition coefficient (Wildman–Crippen LogP) is 2.14. The largest absolute Gasteiger partial charge is 0.468 e. The lowest BCUT2D eigenvalue weighted by atomic mass is 10.2. The molecule has 0 N–H and O–H groups in total. The molecule has 0 fully saturated rings. The molecule has 1 heterocycles. The summed E-state index contributed by atoms with van der Waals surface area (Å²) in [6, 6.07) is -0.114. The van der Waals surface area contributed by atoms with E-state index in [-0.39, 0.29) is 18.3 Å². The predicted molar refractivity (Wildman–Crippen MR) is 73.1 cm³/mol. The van der Waals surface area contributed by atoms with Gasteiger partial charge in [0.15, 0.2) is 0 Å². The molecule has 1 aromatic heterocycles. The quantitative estimate of drug-likeness (QED) is 0.466. The number of ether oxygens (including phenoxy) is 1. The molecule has 7 nitrogen and oxygen atoms in total. The highest BCUT2D eigenvalue weighted by atomic mass is 79.9. The van der Waals surface area contributed by atoms with Gasteiger partial charge in [0.2, 0.25) is 0 Å². The van der Waals surface area contributed by atoms with Gasteiger partial charge in [-0.15, -0.1) is 0 Å². The Morgan fingerprint density at radius 3 is 2.68 bits per heavy atom. The third-order valence-electron chi connectivity index (χ3n) is 2.49. The first-order valence-corrected chi connectivity index (χ1v) is 6.29. The van der Waals surface area contributed by atoms with Crippen LogP contribution in [0, 0.1) is 10.1 Å². The van der Waals surface area contributed by atoms with Crippen molar-refractivity contribution in [2.45, 2.75) is 19.9 Å². The number of nitro groups is 1. The maximum absolute atomic E-state index is 11.4. The summed E-state index contributed by atoms with van der Waals surface area (Å²) >= 11 is 3.24. The van der Waals surface area contributed by atoms with Gasteiger partial charge in [-0.2, -0.15) is 0 Å². The van der Waals surface area contributed by atoms with Crippen molar-refractivity contribution < 1.29 is 14.5 Å². The first-order valence-electron chi connectivity index (χ1n) is 5.49.